The minimum atomic E-state index is -0.418. The van der Waals surface area contributed by atoms with E-state index in [0.717, 1.165) is 39.1 Å². The summed E-state index contributed by atoms with van der Waals surface area (Å²) in [4.78, 5) is 16.5. The normalized spacial score (nSPS) is 29.6. The average molecular weight is 269 g/mol. The maximum Gasteiger partial charge on any atom is 0.410 e. The summed E-state index contributed by atoms with van der Waals surface area (Å²) in [7, 11) is 2.17. The van der Waals surface area contributed by atoms with Crippen LogP contribution in [-0.2, 0) is 4.74 Å². The molecule has 2 saturated heterocycles. The molecule has 0 saturated carbocycles. The van der Waals surface area contributed by atoms with Crippen molar-refractivity contribution < 1.29 is 9.53 Å². The molecule has 2 aliphatic rings. The zero-order chi connectivity index (χ0) is 14.1. The number of hydrogen-bond acceptors (Lipinski definition) is 4. The Hall–Kier alpha value is -0.810. The van der Waals surface area contributed by atoms with E-state index in [9.17, 15) is 4.79 Å². The SMILES string of the molecule is CN1CCN(C(=O)OC(C)(C)C)CC12CCCNC2. The van der Waals surface area contributed by atoms with Crippen LogP contribution in [0.25, 0.3) is 0 Å². The highest BCUT2D eigenvalue weighted by atomic mass is 16.6. The molecular weight excluding hydrogens is 242 g/mol. The molecular formula is C14H27N3O2. The fraction of sp³-hybridized carbons (Fsp3) is 0.929. The molecule has 2 heterocycles. The minimum Gasteiger partial charge on any atom is -0.444 e. The van der Waals surface area contributed by atoms with Crippen molar-refractivity contribution in [2.24, 2.45) is 0 Å². The Morgan fingerprint density at radius 2 is 2.05 bits per heavy atom. The van der Waals surface area contributed by atoms with Crippen LogP contribution >= 0.6 is 0 Å². The van der Waals surface area contributed by atoms with Crippen molar-refractivity contribution >= 4 is 6.09 Å². The molecule has 1 amide bonds. The summed E-state index contributed by atoms with van der Waals surface area (Å²) >= 11 is 0. The Kier molecular flexibility index (Phi) is 4.06. The topological polar surface area (TPSA) is 44.8 Å². The monoisotopic (exact) mass is 269 g/mol. The van der Waals surface area contributed by atoms with E-state index in [1.54, 1.807) is 0 Å². The molecule has 110 valence electrons. The molecule has 0 aromatic carbocycles. The smallest absolute Gasteiger partial charge is 0.410 e. The molecule has 0 aliphatic carbocycles. The third kappa shape index (κ3) is 3.39. The first-order valence-corrected chi connectivity index (χ1v) is 7.22. The van der Waals surface area contributed by atoms with Crippen molar-refractivity contribution in [3.63, 3.8) is 0 Å². The van der Waals surface area contributed by atoms with Gasteiger partial charge in [0, 0.05) is 26.2 Å². The summed E-state index contributed by atoms with van der Waals surface area (Å²) in [6.45, 7) is 10.2. The molecule has 2 aliphatic heterocycles. The van der Waals surface area contributed by atoms with Gasteiger partial charge >= 0.3 is 6.09 Å². The first-order chi connectivity index (χ1) is 8.82. The van der Waals surface area contributed by atoms with Crippen LogP contribution in [0.4, 0.5) is 4.79 Å². The van der Waals surface area contributed by atoms with Gasteiger partial charge in [0.1, 0.15) is 5.60 Å². The Morgan fingerprint density at radius 1 is 1.32 bits per heavy atom. The maximum absolute atomic E-state index is 12.2. The summed E-state index contributed by atoms with van der Waals surface area (Å²) in [5.41, 5.74) is -0.328. The maximum atomic E-state index is 12.2. The van der Waals surface area contributed by atoms with Crippen molar-refractivity contribution in [2.45, 2.75) is 44.8 Å². The van der Waals surface area contributed by atoms with Gasteiger partial charge in [-0.1, -0.05) is 0 Å². The zero-order valence-corrected chi connectivity index (χ0v) is 12.7. The lowest BCUT2D eigenvalue weighted by atomic mass is 9.86. The molecule has 1 unspecified atom stereocenters. The van der Waals surface area contributed by atoms with Gasteiger partial charge in [0.25, 0.3) is 0 Å². The molecule has 0 bridgehead atoms. The van der Waals surface area contributed by atoms with E-state index in [2.05, 4.69) is 17.3 Å². The van der Waals surface area contributed by atoms with E-state index in [0.29, 0.717) is 0 Å². The highest BCUT2D eigenvalue weighted by Gasteiger charge is 2.42. The molecule has 0 aromatic rings. The molecule has 1 spiro atoms. The molecule has 1 N–H and O–H groups in total. The van der Waals surface area contributed by atoms with E-state index < -0.39 is 5.60 Å². The average Bonchev–Trinajstić information content (AvgIpc) is 2.32. The first-order valence-electron chi connectivity index (χ1n) is 7.22. The Balaban J connectivity index is 2.02. The number of carbonyl (C=O) groups is 1. The molecule has 2 fully saturated rings. The highest BCUT2D eigenvalue weighted by Crippen LogP contribution is 2.28. The van der Waals surface area contributed by atoms with Crippen LogP contribution in [0.2, 0.25) is 0 Å². The van der Waals surface area contributed by atoms with Gasteiger partial charge in [-0.05, 0) is 47.2 Å². The van der Waals surface area contributed by atoms with Gasteiger partial charge in [0.15, 0.2) is 0 Å². The molecule has 1 atom stereocenters. The van der Waals surface area contributed by atoms with Crippen LogP contribution in [0.1, 0.15) is 33.6 Å². The van der Waals surface area contributed by atoms with Gasteiger partial charge in [-0.15, -0.1) is 0 Å². The summed E-state index contributed by atoms with van der Waals surface area (Å²) < 4.78 is 5.49. The van der Waals surface area contributed by atoms with E-state index >= 15 is 0 Å². The summed E-state index contributed by atoms with van der Waals surface area (Å²) in [6.07, 6.45) is 2.15. The van der Waals surface area contributed by atoms with Crippen LogP contribution < -0.4 is 5.32 Å². The lowest BCUT2D eigenvalue weighted by molar-refractivity contribution is -0.0247. The van der Waals surface area contributed by atoms with Gasteiger partial charge in [-0.2, -0.15) is 0 Å². The third-order valence-electron chi connectivity index (χ3n) is 4.10. The van der Waals surface area contributed by atoms with Crippen molar-refractivity contribution in [2.75, 3.05) is 39.8 Å². The summed E-state index contributed by atoms with van der Waals surface area (Å²) in [5, 5.41) is 3.46. The fourth-order valence-electron chi connectivity index (χ4n) is 2.96. The van der Waals surface area contributed by atoms with E-state index in [-0.39, 0.29) is 11.6 Å². The summed E-state index contributed by atoms with van der Waals surface area (Å²) in [5.74, 6) is 0. The van der Waals surface area contributed by atoms with Gasteiger partial charge in [-0.25, -0.2) is 4.79 Å². The second-order valence-electron chi connectivity index (χ2n) is 6.83. The standard InChI is InChI=1S/C14H27N3O2/c1-13(2,3)19-12(18)17-9-8-16(4)14(11-17)6-5-7-15-10-14/h15H,5-11H2,1-4H3. The second-order valence-corrected chi connectivity index (χ2v) is 6.83. The number of ether oxygens (including phenoxy) is 1. The van der Waals surface area contributed by atoms with Crippen molar-refractivity contribution in [1.29, 1.82) is 0 Å². The largest absolute Gasteiger partial charge is 0.444 e. The number of piperazine rings is 1. The molecule has 5 heteroatoms. The van der Waals surface area contributed by atoms with Gasteiger partial charge in [-0.3, -0.25) is 4.90 Å². The number of hydrogen-bond donors (Lipinski definition) is 1. The number of carbonyl (C=O) groups excluding carboxylic acids is 1. The predicted octanol–water partition coefficient (Wildman–Crippen LogP) is 1.29. The van der Waals surface area contributed by atoms with Gasteiger partial charge in [0.05, 0.1) is 5.54 Å². The van der Waals surface area contributed by atoms with E-state index in [1.807, 2.05) is 25.7 Å². The molecule has 5 nitrogen and oxygen atoms in total. The van der Waals surface area contributed by atoms with Crippen LogP contribution in [-0.4, -0.2) is 66.8 Å². The molecule has 0 radical (unpaired) electrons. The van der Waals surface area contributed by atoms with E-state index in [4.69, 9.17) is 4.74 Å². The minimum absolute atomic E-state index is 0.0907. The van der Waals surface area contributed by atoms with E-state index in [1.165, 1.54) is 6.42 Å². The predicted molar refractivity (Wildman–Crippen MR) is 75.3 cm³/mol. The van der Waals surface area contributed by atoms with Crippen LogP contribution in [0, 0.1) is 0 Å². The lowest BCUT2D eigenvalue weighted by Gasteiger charge is -2.51. The van der Waals surface area contributed by atoms with Gasteiger partial charge < -0.3 is 15.0 Å². The third-order valence-corrected chi connectivity index (χ3v) is 4.10. The number of nitrogens with zero attached hydrogens (tertiary/aromatic N) is 2. The van der Waals surface area contributed by atoms with Crippen molar-refractivity contribution in [3.8, 4) is 0 Å². The van der Waals surface area contributed by atoms with Crippen molar-refractivity contribution in [3.05, 3.63) is 0 Å². The molecule has 19 heavy (non-hydrogen) atoms. The number of amides is 1. The van der Waals surface area contributed by atoms with Crippen LogP contribution in [0.15, 0.2) is 0 Å². The number of rotatable bonds is 0. The summed E-state index contributed by atoms with van der Waals surface area (Å²) in [6, 6.07) is 0. The fourth-order valence-corrected chi connectivity index (χ4v) is 2.96. The first kappa shape index (κ1) is 14.6. The Bertz CT molecular complexity index is 332. The quantitative estimate of drug-likeness (QED) is 0.720. The zero-order valence-electron chi connectivity index (χ0n) is 12.7. The Labute approximate surface area is 116 Å². The van der Waals surface area contributed by atoms with Crippen molar-refractivity contribution in [1.82, 2.24) is 15.1 Å². The van der Waals surface area contributed by atoms with Crippen LogP contribution in [0.3, 0.4) is 0 Å². The second kappa shape index (κ2) is 5.29. The lowest BCUT2D eigenvalue weighted by Crippen LogP contribution is -2.67. The number of piperidine rings is 1. The number of likely N-dealkylation sites (N-methyl/N-ethyl adjacent to an activating group) is 1. The van der Waals surface area contributed by atoms with Crippen LogP contribution in [0.5, 0.6) is 0 Å². The molecule has 0 aromatic heterocycles. The molecule has 2 rings (SSSR count). The van der Waals surface area contributed by atoms with Gasteiger partial charge in [0.2, 0.25) is 0 Å². The number of nitrogens with one attached hydrogen (secondary N) is 1. The highest BCUT2D eigenvalue weighted by molar-refractivity contribution is 5.68. The Morgan fingerprint density at radius 3 is 2.63 bits per heavy atom.